The molecule has 0 saturated carbocycles. The first-order valence-corrected chi connectivity index (χ1v) is 8.14. The number of methoxy groups -OCH3 is 1. The van der Waals surface area contributed by atoms with E-state index in [1.807, 2.05) is 50.2 Å². The molecule has 0 bridgehead atoms. The normalized spacial score (nSPS) is 9.79. The summed E-state index contributed by atoms with van der Waals surface area (Å²) in [6.07, 6.45) is 0. The maximum Gasteiger partial charge on any atom is 0.189 e. The number of hydrogen-bond acceptors (Lipinski definition) is 3. The van der Waals surface area contributed by atoms with Crippen LogP contribution in [0.2, 0.25) is 0 Å². The van der Waals surface area contributed by atoms with Crippen LogP contribution in [-0.2, 0) is 0 Å². The van der Waals surface area contributed by atoms with Crippen molar-refractivity contribution in [2.45, 2.75) is 13.8 Å². The third-order valence-corrected chi connectivity index (χ3v) is 3.50. The van der Waals surface area contributed by atoms with Crippen LogP contribution in [0.3, 0.4) is 0 Å². The molecule has 0 atom stereocenters. The van der Waals surface area contributed by atoms with E-state index in [-0.39, 0.29) is 0 Å². The Balaban J connectivity index is 1.83. The SMILES string of the molecule is COc1cccc(NC(=S)NNC(=S)Nc2cc(C)cc(C)c2)c1. The number of aryl methyl sites for hydroxylation is 2. The topological polar surface area (TPSA) is 57.4 Å². The van der Waals surface area contributed by atoms with Gasteiger partial charge in [0.15, 0.2) is 10.2 Å². The molecule has 0 radical (unpaired) electrons. The van der Waals surface area contributed by atoms with Gasteiger partial charge in [-0.1, -0.05) is 12.1 Å². The summed E-state index contributed by atoms with van der Waals surface area (Å²) in [5, 5.41) is 6.98. The Morgan fingerprint density at radius 3 is 2.00 bits per heavy atom. The van der Waals surface area contributed by atoms with E-state index in [1.54, 1.807) is 7.11 Å². The zero-order chi connectivity index (χ0) is 17.5. The molecule has 0 aliphatic carbocycles. The Morgan fingerprint density at radius 2 is 1.42 bits per heavy atom. The molecule has 0 amide bonds. The average Bonchev–Trinajstić information content (AvgIpc) is 2.52. The standard InChI is InChI=1S/C17H20N4OS2/c1-11-7-12(2)9-14(8-11)19-17(24)21-20-16(23)18-13-5-4-6-15(10-13)22-3/h4-10H,1-3H3,(H2,18,20,23)(H2,19,21,24). The largest absolute Gasteiger partial charge is 0.497 e. The summed E-state index contributed by atoms with van der Waals surface area (Å²) in [4.78, 5) is 0. The van der Waals surface area contributed by atoms with E-state index in [1.165, 1.54) is 11.1 Å². The molecule has 7 heteroatoms. The number of nitrogens with one attached hydrogen (secondary N) is 4. The van der Waals surface area contributed by atoms with Crippen LogP contribution < -0.4 is 26.2 Å². The van der Waals surface area contributed by atoms with E-state index in [9.17, 15) is 0 Å². The molecule has 4 N–H and O–H groups in total. The maximum atomic E-state index is 5.25. The molecule has 2 rings (SSSR count). The lowest BCUT2D eigenvalue weighted by molar-refractivity contribution is 0.415. The lowest BCUT2D eigenvalue weighted by Crippen LogP contribution is -2.45. The van der Waals surface area contributed by atoms with Crippen molar-refractivity contribution in [3.8, 4) is 5.75 Å². The molecule has 0 spiro atoms. The summed E-state index contributed by atoms with van der Waals surface area (Å²) in [7, 11) is 1.62. The monoisotopic (exact) mass is 360 g/mol. The molecular weight excluding hydrogens is 340 g/mol. The van der Waals surface area contributed by atoms with Crippen LogP contribution in [0.25, 0.3) is 0 Å². The van der Waals surface area contributed by atoms with Crippen LogP contribution >= 0.6 is 24.4 Å². The van der Waals surface area contributed by atoms with Crippen LogP contribution in [0.1, 0.15) is 11.1 Å². The summed E-state index contributed by atoms with van der Waals surface area (Å²) in [5.74, 6) is 0.753. The van der Waals surface area contributed by atoms with Gasteiger partial charge in [0.05, 0.1) is 7.11 Å². The van der Waals surface area contributed by atoms with E-state index in [2.05, 4.69) is 27.6 Å². The van der Waals surface area contributed by atoms with Crippen LogP contribution in [0, 0.1) is 13.8 Å². The highest BCUT2D eigenvalue weighted by Gasteiger charge is 2.02. The van der Waals surface area contributed by atoms with Crippen LogP contribution in [0.5, 0.6) is 5.75 Å². The molecule has 0 unspecified atom stereocenters. The minimum atomic E-state index is 0.396. The molecule has 24 heavy (non-hydrogen) atoms. The van der Waals surface area contributed by atoms with Gasteiger partial charge in [-0.3, -0.25) is 10.9 Å². The number of ether oxygens (including phenoxy) is 1. The molecule has 0 heterocycles. The van der Waals surface area contributed by atoms with Crippen molar-refractivity contribution in [1.29, 1.82) is 0 Å². The van der Waals surface area contributed by atoms with E-state index in [0.29, 0.717) is 10.2 Å². The van der Waals surface area contributed by atoms with Crippen LogP contribution in [-0.4, -0.2) is 17.3 Å². The van der Waals surface area contributed by atoms with Crippen LogP contribution in [0.15, 0.2) is 42.5 Å². The fourth-order valence-electron chi connectivity index (χ4n) is 2.19. The average molecular weight is 361 g/mol. The van der Waals surface area contributed by atoms with Crippen LogP contribution in [0.4, 0.5) is 11.4 Å². The molecule has 2 aromatic carbocycles. The lowest BCUT2D eigenvalue weighted by Gasteiger charge is -2.15. The van der Waals surface area contributed by atoms with Gasteiger partial charge in [0.25, 0.3) is 0 Å². The van der Waals surface area contributed by atoms with Crippen molar-refractivity contribution in [3.05, 3.63) is 53.6 Å². The van der Waals surface area contributed by atoms with Crippen molar-refractivity contribution < 1.29 is 4.74 Å². The predicted molar refractivity (Wildman–Crippen MR) is 108 cm³/mol. The molecule has 0 aliphatic rings. The van der Waals surface area contributed by atoms with E-state index in [4.69, 9.17) is 29.2 Å². The first kappa shape index (κ1) is 18.0. The second-order valence-electron chi connectivity index (χ2n) is 5.27. The van der Waals surface area contributed by atoms with Gasteiger partial charge in [-0.25, -0.2) is 0 Å². The lowest BCUT2D eigenvalue weighted by atomic mass is 10.1. The van der Waals surface area contributed by atoms with Gasteiger partial charge in [0.2, 0.25) is 0 Å². The Bertz CT molecular complexity index is 729. The fourth-order valence-corrected chi connectivity index (χ4v) is 2.52. The summed E-state index contributed by atoms with van der Waals surface area (Å²) >= 11 is 10.5. The van der Waals surface area contributed by atoms with Crippen molar-refractivity contribution >= 4 is 46.0 Å². The Morgan fingerprint density at radius 1 is 0.833 bits per heavy atom. The molecule has 2 aromatic rings. The van der Waals surface area contributed by atoms with Gasteiger partial charge in [-0.15, -0.1) is 0 Å². The third kappa shape index (κ3) is 5.68. The van der Waals surface area contributed by atoms with E-state index in [0.717, 1.165) is 17.1 Å². The minimum absolute atomic E-state index is 0.396. The first-order valence-electron chi connectivity index (χ1n) is 7.32. The highest BCUT2D eigenvalue weighted by atomic mass is 32.1. The van der Waals surface area contributed by atoms with Crippen molar-refractivity contribution in [3.63, 3.8) is 0 Å². The van der Waals surface area contributed by atoms with Crippen molar-refractivity contribution in [2.24, 2.45) is 0 Å². The van der Waals surface area contributed by atoms with Crippen molar-refractivity contribution in [2.75, 3.05) is 17.7 Å². The van der Waals surface area contributed by atoms with Gasteiger partial charge in [-0.05, 0) is 73.7 Å². The van der Waals surface area contributed by atoms with Gasteiger partial charge < -0.3 is 15.4 Å². The molecule has 5 nitrogen and oxygen atoms in total. The smallest absolute Gasteiger partial charge is 0.189 e. The maximum absolute atomic E-state index is 5.25. The molecular formula is C17H20N4OS2. The summed E-state index contributed by atoms with van der Waals surface area (Å²) < 4.78 is 5.17. The second-order valence-corrected chi connectivity index (χ2v) is 6.08. The Labute approximate surface area is 152 Å². The van der Waals surface area contributed by atoms with Gasteiger partial charge >= 0.3 is 0 Å². The second kappa shape index (κ2) is 8.47. The first-order chi connectivity index (χ1) is 11.5. The zero-order valence-corrected chi connectivity index (χ0v) is 15.4. The number of anilines is 2. The fraction of sp³-hybridized carbons (Fsp3) is 0.176. The molecule has 0 aliphatic heterocycles. The van der Waals surface area contributed by atoms with Gasteiger partial charge in [-0.2, -0.15) is 0 Å². The Kier molecular flexibility index (Phi) is 6.34. The quantitative estimate of drug-likeness (QED) is 0.494. The third-order valence-electron chi connectivity index (χ3n) is 3.10. The Hall–Kier alpha value is -2.38. The number of hydrogen-bond donors (Lipinski definition) is 4. The minimum Gasteiger partial charge on any atom is -0.497 e. The zero-order valence-electron chi connectivity index (χ0n) is 13.8. The predicted octanol–water partition coefficient (Wildman–Crippen LogP) is 3.50. The highest BCUT2D eigenvalue weighted by Crippen LogP contribution is 2.16. The van der Waals surface area contributed by atoms with Crippen molar-refractivity contribution in [1.82, 2.24) is 10.9 Å². The number of benzene rings is 2. The number of thiocarbonyl (C=S) groups is 2. The van der Waals surface area contributed by atoms with Gasteiger partial charge in [0.1, 0.15) is 5.75 Å². The summed E-state index contributed by atoms with van der Waals surface area (Å²) in [6, 6.07) is 13.6. The molecule has 126 valence electrons. The summed E-state index contributed by atoms with van der Waals surface area (Å²) in [6.45, 7) is 4.08. The number of rotatable bonds is 3. The number of hydrazine groups is 1. The summed E-state index contributed by atoms with van der Waals surface area (Å²) in [5.41, 5.74) is 9.79. The van der Waals surface area contributed by atoms with E-state index < -0.39 is 0 Å². The van der Waals surface area contributed by atoms with Gasteiger partial charge in [0, 0.05) is 17.4 Å². The molecule has 0 saturated heterocycles. The molecule has 0 fully saturated rings. The molecule has 0 aromatic heterocycles. The van der Waals surface area contributed by atoms with E-state index >= 15 is 0 Å². The highest BCUT2D eigenvalue weighted by molar-refractivity contribution is 7.81.